The maximum absolute atomic E-state index is 13.7. The van der Waals surface area contributed by atoms with Crippen molar-refractivity contribution in [1.82, 2.24) is 19.8 Å². The van der Waals surface area contributed by atoms with Gasteiger partial charge < -0.3 is 29.2 Å². The summed E-state index contributed by atoms with van der Waals surface area (Å²) in [5.74, 6) is 1.36. The van der Waals surface area contributed by atoms with E-state index in [2.05, 4.69) is 25.1 Å². The quantitative estimate of drug-likeness (QED) is 0.325. The van der Waals surface area contributed by atoms with Crippen LogP contribution in [0.1, 0.15) is 12.8 Å². The first-order valence-corrected chi connectivity index (χ1v) is 13.8. The lowest BCUT2D eigenvalue weighted by molar-refractivity contribution is 0.0941. The fraction of sp³-hybridized carbons (Fsp3) is 0.500. The van der Waals surface area contributed by atoms with Gasteiger partial charge in [0.25, 0.3) is 0 Å². The summed E-state index contributed by atoms with van der Waals surface area (Å²) in [4.78, 5) is 13.9. The highest BCUT2D eigenvalue weighted by Gasteiger charge is 2.21. The number of halogens is 2. The second kappa shape index (κ2) is 13.5. The van der Waals surface area contributed by atoms with Crippen molar-refractivity contribution in [3.8, 4) is 11.5 Å². The number of ether oxygens (including phenoxy) is 4. The van der Waals surface area contributed by atoms with Crippen molar-refractivity contribution < 1.29 is 23.3 Å². The molecule has 9 nitrogen and oxygen atoms in total. The SMILES string of the molecule is COCCN1CCN(CCCOc2cc(OC3CCOC3)c3c(Nc4ccc(F)c(Cl)c4)ncnc3c2)CC1. The molecule has 1 N–H and O–H groups in total. The summed E-state index contributed by atoms with van der Waals surface area (Å²) in [5, 5.41) is 3.97. The normalized spacial score (nSPS) is 18.5. The van der Waals surface area contributed by atoms with Gasteiger partial charge in [-0.1, -0.05) is 11.6 Å². The molecule has 0 spiro atoms. The number of aromatic nitrogens is 2. The minimum Gasteiger partial charge on any atom is -0.493 e. The summed E-state index contributed by atoms with van der Waals surface area (Å²) >= 11 is 5.99. The van der Waals surface area contributed by atoms with Crippen molar-refractivity contribution in [1.29, 1.82) is 0 Å². The van der Waals surface area contributed by atoms with Crippen LogP contribution in [0.2, 0.25) is 5.02 Å². The predicted octanol–water partition coefficient (Wildman–Crippen LogP) is 4.37. The highest BCUT2D eigenvalue weighted by molar-refractivity contribution is 6.31. The van der Waals surface area contributed by atoms with Gasteiger partial charge in [0.15, 0.2) is 0 Å². The van der Waals surface area contributed by atoms with E-state index in [1.165, 1.54) is 18.5 Å². The predicted molar refractivity (Wildman–Crippen MR) is 149 cm³/mol. The Balaban J connectivity index is 1.26. The molecule has 1 unspecified atom stereocenters. The van der Waals surface area contributed by atoms with Crippen molar-refractivity contribution >= 4 is 34.0 Å². The first-order chi connectivity index (χ1) is 19.1. The minimum absolute atomic E-state index is 0.0293. The first kappa shape index (κ1) is 27.8. The van der Waals surface area contributed by atoms with Crippen LogP contribution in [0.15, 0.2) is 36.7 Å². The fourth-order valence-corrected chi connectivity index (χ4v) is 5.01. The van der Waals surface area contributed by atoms with Crippen LogP contribution in [0.4, 0.5) is 15.9 Å². The number of benzene rings is 2. The Morgan fingerprint density at radius 1 is 1.08 bits per heavy atom. The monoisotopic (exact) mass is 559 g/mol. The zero-order valence-electron chi connectivity index (χ0n) is 22.2. The van der Waals surface area contributed by atoms with E-state index in [1.807, 2.05) is 12.1 Å². The van der Waals surface area contributed by atoms with Crippen LogP contribution in [0.5, 0.6) is 11.5 Å². The average Bonchev–Trinajstić information content (AvgIpc) is 3.46. The van der Waals surface area contributed by atoms with Crippen LogP contribution in [0.25, 0.3) is 10.9 Å². The number of anilines is 2. The van der Waals surface area contributed by atoms with Crippen molar-refractivity contribution in [3.63, 3.8) is 0 Å². The van der Waals surface area contributed by atoms with Crippen molar-refractivity contribution in [3.05, 3.63) is 47.5 Å². The molecule has 11 heteroatoms. The first-order valence-electron chi connectivity index (χ1n) is 13.4. The van der Waals surface area contributed by atoms with E-state index in [0.29, 0.717) is 53.7 Å². The number of hydrogen-bond donors (Lipinski definition) is 1. The molecule has 210 valence electrons. The van der Waals surface area contributed by atoms with Crippen LogP contribution in [0, 0.1) is 5.82 Å². The number of nitrogens with zero attached hydrogens (tertiary/aromatic N) is 4. The van der Waals surface area contributed by atoms with Crippen LogP contribution >= 0.6 is 11.6 Å². The molecule has 5 rings (SSSR count). The molecule has 2 fully saturated rings. The van der Waals surface area contributed by atoms with E-state index in [1.54, 1.807) is 13.2 Å². The van der Waals surface area contributed by atoms with Gasteiger partial charge in [-0.2, -0.15) is 0 Å². The molecule has 3 aromatic rings. The number of nitrogens with one attached hydrogen (secondary N) is 1. The Morgan fingerprint density at radius 2 is 1.90 bits per heavy atom. The number of piperazine rings is 1. The van der Waals surface area contributed by atoms with E-state index in [4.69, 9.17) is 30.5 Å². The second-order valence-corrected chi connectivity index (χ2v) is 10.2. The van der Waals surface area contributed by atoms with E-state index < -0.39 is 5.82 Å². The summed E-state index contributed by atoms with van der Waals surface area (Å²) in [7, 11) is 1.75. The largest absolute Gasteiger partial charge is 0.493 e. The molecule has 3 heterocycles. The fourth-order valence-electron chi connectivity index (χ4n) is 4.83. The third-order valence-corrected chi connectivity index (χ3v) is 7.29. The van der Waals surface area contributed by atoms with E-state index in [9.17, 15) is 4.39 Å². The Labute approximate surface area is 233 Å². The van der Waals surface area contributed by atoms with Crippen LogP contribution in [-0.2, 0) is 9.47 Å². The highest BCUT2D eigenvalue weighted by Crippen LogP contribution is 2.37. The number of methoxy groups -OCH3 is 1. The Kier molecular flexibility index (Phi) is 9.65. The van der Waals surface area contributed by atoms with Gasteiger partial charge in [0.1, 0.15) is 35.6 Å². The molecule has 0 amide bonds. The summed E-state index contributed by atoms with van der Waals surface area (Å²) < 4.78 is 36.9. The molecule has 2 saturated heterocycles. The molecule has 0 bridgehead atoms. The van der Waals surface area contributed by atoms with E-state index in [-0.39, 0.29) is 11.1 Å². The molecule has 1 atom stereocenters. The van der Waals surface area contributed by atoms with Gasteiger partial charge in [0, 0.05) is 70.6 Å². The van der Waals surface area contributed by atoms with Crippen LogP contribution in [0.3, 0.4) is 0 Å². The Bertz CT molecular complexity index is 1240. The van der Waals surface area contributed by atoms with Crippen molar-refractivity contribution in [2.24, 2.45) is 0 Å². The summed E-state index contributed by atoms with van der Waals surface area (Å²) in [6, 6.07) is 8.23. The topological polar surface area (TPSA) is 81.2 Å². The maximum atomic E-state index is 13.7. The third kappa shape index (κ3) is 7.46. The summed E-state index contributed by atoms with van der Waals surface area (Å²) in [6.45, 7) is 8.80. The van der Waals surface area contributed by atoms with Gasteiger partial charge >= 0.3 is 0 Å². The van der Waals surface area contributed by atoms with E-state index in [0.717, 1.165) is 58.7 Å². The van der Waals surface area contributed by atoms with Crippen molar-refractivity contribution in [2.75, 3.05) is 78.1 Å². The molecule has 0 saturated carbocycles. The molecular formula is C28H35ClFN5O4. The van der Waals surface area contributed by atoms with Gasteiger partial charge in [-0.25, -0.2) is 14.4 Å². The lowest BCUT2D eigenvalue weighted by atomic mass is 10.2. The highest BCUT2D eigenvalue weighted by atomic mass is 35.5. The molecule has 2 aromatic carbocycles. The third-order valence-electron chi connectivity index (χ3n) is 7.00. The number of fused-ring (bicyclic) bond motifs is 1. The van der Waals surface area contributed by atoms with Gasteiger partial charge in [0.05, 0.1) is 42.4 Å². The van der Waals surface area contributed by atoms with Crippen LogP contribution < -0.4 is 14.8 Å². The Morgan fingerprint density at radius 3 is 2.64 bits per heavy atom. The number of hydrogen-bond acceptors (Lipinski definition) is 9. The molecule has 39 heavy (non-hydrogen) atoms. The zero-order valence-corrected chi connectivity index (χ0v) is 23.0. The maximum Gasteiger partial charge on any atom is 0.145 e. The van der Waals surface area contributed by atoms with Gasteiger partial charge in [-0.3, -0.25) is 4.90 Å². The van der Waals surface area contributed by atoms with Gasteiger partial charge in [-0.15, -0.1) is 0 Å². The number of rotatable bonds is 12. The van der Waals surface area contributed by atoms with Gasteiger partial charge in [0.2, 0.25) is 0 Å². The minimum atomic E-state index is -0.480. The molecular weight excluding hydrogens is 525 g/mol. The molecule has 2 aliphatic heterocycles. The zero-order chi connectivity index (χ0) is 27.0. The van der Waals surface area contributed by atoms with E-state index >= 15 is 0 Å². The van der Waals surface area contributed by atoms with Crippen molar-refractivity contribution in [2.45, 2.75) is 18.9 Å². The summed E-state index contributed by atoms with van der Waals surface area (Å²) in [5.41, 5.74) is 1.29. The molecule has 0 aliphatic carbocycles. The smallest absolute Gasteiger partial charge is 0.145 e. The molecule has 0 radical (unpaired) electrons. The van der Waals surface area contributed by atoms with Crippen LogP contribution in [-0.4, -0.2) is 98.7 Å². The average molecular weight is 560 g/mol. The second-order valence-electron chi connectivity index (χ2n) is 9.77. The summed E-state index contributed by atoms with van der Waals surface area (Å²) in [6.07, 6.45) is 3.13. The molecule has 2 aliphatic rings. The molecule has 1 aromatic heterocycles. The lowest BCUT2D eigenvalue weighted by Crippen LogP contribution is -2.47. The lowest BCUT2D eigenvalue weighted by Gasteiger charge is -2.34. The Hall–Kier alpha value is -2.76. The standard InChI is InChI=1S/C28H35ClFN5O4/c1-36-14-11-35-9-7-34(8-10-35)6-2-12-38-22-16-25-27(26(17-22)39-21-5-13-37-18-21)28(32-19-31-25)33-20-3-4-24(30)23(29)15-20/h3-4,15-17,19,21H,2,5-14,18H2,1H3,(H,31,32,33). The van der Waals surface area contributed by atoms with Gasteiger partial charge in [-0.05, 0) is 24.6 Å².